The van der Waals surface area contributed by atoms with Crippen LogP contribution in [0, 0.1) is 5.92 Å². The fourth-order valence-electron chi connectivity index (χ4n) is 1.17. The molecule has 0 heterocycles. The minimum Gasteiger partial charge on any atom is -0.123 e. The fourth-order valence-corrected chi connectivity index (χ4v) is 1.53. The SMILES string of the molecule is C=CC1CCC(Cl)C1. The van der Waals surface area contributed by atoms with Crippen LogP contribution in [0.5, 0.6) is 0 Å². The zero-order chi connectivity index (χ0) is 5.98. The van der Waals surface area contributed by atoms with Crippen molar-refractivity contribution in [2.24, 2.45) is 5.92 Å². The van der Waals surface area contributed by atoms with Gasteiger partial charge in [0.15, 0.2) is 0 Å². The first-order chi connectivity index (χ1) is 3.83. The first-order valence-electron chi connectivity index (χ1n) is 3.09. The van der Waals surface area contributed by atoms with Crippen LogP contribution in [-0.4, -0.2) is 5.38 Å². The molecule has 0 aromatic carbocycles. The monoisotopic (exact) mass is 130 g/mol. The summed E-state index contributed by atoms with van der Waals surface area (Å²) in [5.41, 5.74) is 0. The van der Waals surface area contributed by atoms with Crippen molar-refractivity contribution in [3.05, 3.63) is 12.7 Å². The van der Waals surface area contributed by atoms with Crippen LogP contribution in [0.3, 0.4) is 0 Å². The highest BCUT2D eigenvalue weighted by Crippen LogP contribution is 2.29. The van der Waals surface area contributed by atoms with Gasteiger partial charge >= 0.3 is 0 Å². The lowest BCUT2D eigenvalue weighted by Gasteiger charge is -1.97. The predicted molar refractivity (Wildman–Crippen MR) is 37.2 cm³/mol. The second kappa shape index (κ2) is 2.54. The average molecular weight is 131 g/mol. The maximum atomic E-state index is 5.84. The van der Waals surface area contributed by atoms with Gasteiger partial charge in [-0.1, -0.05) is 6.08 Å². The molecule has 1 fully saturated rings. The van der Waals surface area contributed by atoms with E-state index < -0.39 is 0 Å². The first kappa shape index (κ1) is 6.15. The molecule has 1 heteroatoms. The van der Waals surface area contributed by atoms with Crippen molar-refractivity contribution < 1.29 is 0 Å². The lowest BCUT2D eigenvalue weighted by Crippen LogP contribution is -1.89. The summed E-state index contributed by atoms with van der Waals surface area (Å²) < 4.78 is 0. The van der Waals surface area contributed by atoms with Crippen LogP contribution < -0.4 is 0 Å². The number of halogens is 1. The topological polar surface area (TPSA) is 0 Å². The van der Waals surface area contributed by atoms with Gasteiger partial charge in [0, 0.05) is 5.38 Å². The number of alkyl halides is 1. The van der Waals surface area contributed by atoms with Gasteiger partial charge in [0.25, 0.3) is 0 Å². The van der Waals surface area contributed by atoms with Crippen molar-refractivity contribution in [1.29, 1.82) is 0 Å². The second-order valence-corrected chi connectivity index (χ2v) is 3.02. The second-order valence-electron chi connectivity index (χ2n) is 2.41. The van der Waals surface area contributed by atoms with Crippen LogP contribution in [0.15, 0.2) is 12.7 Å². The van der Waals surface area contributed by atoms with E-state index in [0.717, 1.165) is 6.42 Å². The Morgan fingerprint density at radius 1 is 1.50 bits per heavy atom. The van der Waals surface area contributed by atoms with Gasteiger partial charge in [0.1, 0.15) is 0 Å². The lowest BCUT2D eigenvalue weighted by molar-refractivity contribution is 0.689. The molecule has 0 spiro atoms. The summed E-state index contributed by atoms with van der Waals surface area (Å²) >= 11 is 5.84. The largest absolute Gasteiger partial charge is 0.123 e. The first-order valence-corrected chi connectivity index (χ1v) is 3.53. The van der Waals surface area contributed by atoms with E-state index in [1.807, 2.05) is 6.08 Å². The van der Waals surface area contributed by atoms with Gasteiger partial charge in [-0.05, 0) is 25.2 Å². The minimum absolute atomic E-state index is 0.429. The maximum Gasteiger partial charge on any atom is 0.0341 e. The van der Waals surface area contributed by atoms with E-state index >= 15 is 0 Å². The molecular weight excluding hydrogens is 120 g/mol. The lowest BCUT2D eigenvalue weighted by atomic mass is 10.1. The van der Waals surface area contributed by atoms with Crippen LogP contribution in [0.4, 0.5) is 0 Å². The highest BCUT2D eigenvalue weighted by Gasteiger charge is 2.19. The fraction of sp³-hybridized carbons (Fsp3) is 0.714. The average Bonchev–Trinajstić information content (AvgIpc) is 2.14. The smallest absolute Gasteiger partial charge is 0.0341 e. The molecule has 0 aliphatic heterocycles. The van der Waals surface area contributed by atoms with Crippen molar-refractivity contribution in [2.75, 3.05) is 0 Å². The standard InChI is InChI=1S/C7H11Cl/c1-2-6-3-4-7(8)5-6/h2,6-7H,1,3-5H2. The molecule has 0 aromatic rings. The van der Waals surface area contributed by atoms with Crippen LogP contribution >= 0.6 is 11.6 Å². The predicted octanol–water partition coefficient (Wildman–Crippen LogP) is 2.58. The number of rotatable bonds is 1. The van der Waals surface area contributed by atoms with Gasteiger partial charge in [-0.2, -0.15) is 0 Å². The summed E-state index contributed by atoms with van der Waals surface area (Å²) in [4.78, 5) is 0. The van der Waals surface area contributed by atoms with Crippen LogP contribution in [-0.2, 0) is 0 Å². The zero-order valence-corrected chi connectivity index (χ0v) is 5.69. The summed E-state index contributed by atoms with van der Waals surface area (Å²) in [7, 11) is 0. The highest BCUT2D eigenvalue weighted by molar-refractivity contribution is 6.20. The third kappa shape index (κ3) is 1.25. The number of allylic oxidation sites excluding steroid dienone is 1. The maximum absolute atomic E-state index is 5.84. The highest BCUT2D eigenvalue weighted by atomic mass is 35.5. The van der Waals surface area contributed by atoms with Gasteiger partial charge < -0.3 is 0 Å². The summed E-state index contributed by atoms with van der Waals surface area (Å²) in [6, 6.07) is 0. The molecule has 1 aliphatic carbocycles. The Bertz CT molecular complexity index is 88.4. The molecule has 8 heavy (non-hydrogen) atoms. The van der Waals surface area contributed by atoms with E-state index in [2.05, 4.69) is 6.58 Å². The Balaban J connectivity index is 2.32. The summed E-state index contributed by atoms with van der Waals surface area (Å²) in [6.45, 7) is 3.72. The van der Waals surface area contributed by atoms with Crippen molar-refractivity contribution in [2.45, 2.75) is 24.6 Å². The van der Waals surface area contributed by atoms with Crippen molar-refractivity contribution in [3.8, 4) is 0 Å². The molecule has 0 radical (unpaired) electrons. The van der Waals surface area contributed by atoms with Gasteiger partial charge in [-0.15, -0.1) is 18.2 Å². The van der Waals surface area contributed by atoms with Gasteiger partial charge in [-0.3, -0.25) is 0 Å². The molecule has 1 saturated carbocycles. The minimum atomic E-state index is 0.429. The van der Waals surface area contributed by atoms with Crippen molar-refractivity contribution in [1.82, 2.24) is 0 Å². The molecule has 0 aromatic heterocycles. The molecule has 0 bridgehead atoms. The van der Waals surface area contributed by atoms with Crippen LogP contribution in [0.25, 0.3) is 0 Å². The third-order valence-corrected chi connectivity index (χ3v) is 2.14. The van der Waals surface area contributed by atoms with Crippen molar-refractivity contribution in [3.63, 3.8) is 0 Å². The van der Waals surface area contributed by atoms with E-state index in [0.29, 0.717) is 11.3 Å². The Morgan fingerprint density at radius 3 is 2.50 bits per heavy atom. The molecule has 2 atom stereocenters. The molecule has 2 unspecified atom stereocenters. The van der Waals surface area contributed by atoms with E-state index in [-0.39, 0.29) is 0 Å². The van der Waals surface area contributed by atoms with E-state index in [1.54, 1.807) is 0 Å². The summed E-state index contributed by atoms with van der Waals surface area (Å²) in [6.07, 6.45) is 5.59. The van der Waals surface area contributed by atoms with E-state index in [1.165, 1.54) is 12.8 Å². The number of hydrogen-bond donors (Lipinski definition) is 0. The van der Waals surface area contributed by atoms with Crippen LogP contribution in [0.2, 0.25) is 0 Å². The molecule has 46 valence electrons. The molecule has 1 rings (SSSR count). The van der Waals surface area contributed by atoms with Gasteiger partial charge in [0.2, 0.25) is 0 Å². The van der Waals surface area contributed by atoms with E-state index in [4.69, 9.17) is 11.6 Å². The Labute approximate surface area is 55.5 Å². The van der Waals surface area contributed by atoms with Crippen LogP contribution in [0.1, 0.15) is 19.3 Å². The Hall–Kier alpha value is 0.0300. The Kier molecular flexibility index (Phi) is 1.95. The molecule has 0 saturated heterocycles. The van der Waals surface area contributed by atoms with Gasteiger partial charge in [-0.25, -0.2) is 0 Å². The summed E-state index contributed by atoms with van der Waals surface area (Å²) in [5, 5.41) is 0.429. The molecule has 0 N–H and O–H groups in total. The Morgan fingerprint density at radius 2 is 2.25 bits per heavy atom. The normalized spacial score (nSPS) is 37.6. The molecular formula is C7H11Cl. The number of hydrogen-bond acceptors (Lipinski definition) is 0. The van der Waals surface area contributed by atoms with Gasteiger partial charge in [0.05, 0.1) is 0 Å². The molecule has 0 nitrogen and oxygen atoms in total. The quantitative estimate of drug-likeness (QED) is 0.378. The molecule has 0 amide bonds. The van der Waals surface area contributed by atoms with E-state index in [9.17, 15) is 0 Å². The zero-order valence-electron chi connectivity index (χ0n) is 4.94. The molecule has 1 aliphatic rings. The third-order valence-electron chi connectivity index (χ3n) is 1.74. The summed E-state index contributed by atoms with van der Waals surface area (Å²) in [5.74, 6) is 0.706. The van der Waals surface area contributed by atoms with Crippen molar-refractivity contribution >= 4 is 11.6 Å².